The molecule has 0 fully saturated rings. The van der Waals surface area contributed by atoms with E-state index < -0.39 is 0 Å². The second-order valence-corrected chi connectivity index (χ2v) is 4.64. The van der Waals surface area contributed by atoms with Crippen molar-refractivity contribution in [2.75, 3.05) is 5.73 Å². The van der Waals surface area contributed by atoms with E-state index in [1.165, 1.54) is 0 Å². The molecule has 3 rings (SSSR count). The van der Waals surface area contributed by atoms with Gasteiger partial charge in [-0.1, -0.05) is 13.8 Å². The average molecular weight is 267 g/mol. The van der Waals surface area contributed by atoms with Gasteiger partial charge in [-0.2, -0.15) is 5.10 Å². The molecule has 2 heterocycles. The molecular formula is C15H17N5. The molecule has 5 nitrogen and oxygen atoms in total. The molecule has 0 atom stereocenters. The van der Waals surface area contributed by atoms with Crippen molar-refractivity contribution in [1.29, 1.82) is 0 Å². The molecule has 2 N–H and O–H groups in total. The van der Waals surface area contributed by atoms with Crippen molar-refractivity contribution in [3.05, 3.63) is 42.1 Å². The summed E-state index contributed by atoms with van der Waals surface area (Å²) in [5.41, 5.74) is 8.53. The molecule has 0 saturated carbocycles. The van der Waals surface area contributed by atoms with E-state index in [1.807, 2.05) is 28.9 Å². The third kappa shape index (κ3) is 1.91. The number of benzene rings is 1. The second kappa shape index (κ2) is 4.92. The number of pyridine rings is 1. The van der Waals surface area contributed by atoms with Crippen molar-refractivity contribution in [1.82, 2.24) is 19.7 Å². The molecule has 0 aliphatic rings. The molecule has 1 aromatic carbocycles. The first-order valence-corrected chi connectivity index (χ1v) is 6.83. The van der Waals surface area contributed by atoms with Crippen LogP contribution in [0.5, 0.6) is 0 Å². The minimum atomic E-state index is 0.728. The minimum Gasteiger partial charge on any atom is -0.398 e. The van der Waals surface area contributed by atoms with Gasteiger partial charge in [-0.25, -0.2) is 9.67 Å². The molecule has 0 unspecified atom stereocenters. The molecule has 20 heavy (non-hydrogen) atoms. The van der Waals surface area contributed by atoms with Gasteiger partial charge in [0.25, 0.3) is 0 Å². The van der Waals surface area contributed by atoms with Crippen LogP contribution in [0.15, 0.2) is 30.5 Å². The van der Waals surface area contributed by atoms with Gasteiger partial charge in [-0.05, 0) is 24.3 Å². The highest BCUT2D eigenvalue weighted by atomic mass is 15.4. The number of rotatable bonds is 3. The van der Waals surface area contributed by atoms with Gasteiger partial charge in [0.2, 0.25) is 0 Å². The zero-order valence-corrected chi connectivity index (χ0v) is 11.7. The Balaban J connectivity index is 2.30. The van der Waals surface area contributed by atoms with Gasteiger partial charge in [0, 0.05) is 30.1 Å². The fraction of sp³-hybridized carbons (Fsp3) is 0.267. The number of fused-ring (bicyclic) bond motifs is 1. The van der Waals surface area contributed by atoms with Gasteiger partial charge < -0.3 is 5.73 Å². The highest BCUT2D eigenvalue weighted by Crippen LogP contribution is 2.25. The number of anilines is 1. The van der Waals surface area contributed by atoms with Crippen LogP contribution in [0, 0.1) is 0 Å². The van der Waals surface area contributed by atoms with Gasteiger partial charge in [0.05, 0.1) is 11.2 Å². The first-order chi connectivity index (χ1) is 9.74. The summed E-state index contributed by atoms with van der Waals surface area (Å²) in [6.45, 7) is 4.13. The monoisotopic (exact) mass is 267 g/mol. The summed E-state index contributed by atoms with van der Waals surface area (Å²) in [6, 6.07) is 7.72. The van der Waals surface area contributed by atoms with Crippen LogP contribution in [-0.2, 0) is 12.8 Å². The third-order valence-electron chi connectivity index (χ3n) is 3.36. The van der Waals surface area contributed by atoms with E-state index in [4.69, 9.17) is 5.73 Å². The van der Waals surface area contributed by atoms with E-state index in [2.05, 4.69) is 28.9 Å². The summed E-state index contributed by atoms with van der Waals surface area (Å²) in [5, 5.41) is 5.52. The Morgan fingerprint density at radius 2 is 2.00 bits per heavy atom. The number of nitrogens with zero attached hydrogens (tertiary/aromatic N) is 4. The number of nitrogen functional groups attached to an aromatic ring is 1. The molecule has 0 aliphatic heterocycles. The molecular weight excluding hydrogens is 250 g/mol. The number of nitrogens with two attached hydrogens (primary N) is 1. The van der Waals surface area contributed by atoms with Crippen LogP contribution in [0.25, 0.3) is 16.6 Å². The molecule has 102 valence electrons. The molecule has 0 spiro atoms. The van der Waals surface area contributed by atoms with E-state index in [1.54, 1.807) is 6.20 Å². The molecule has 5 heteroatoms. The van der Waals surface area contributed by atoms with Crippen molar-refractivity contribution in [2.24, 2.45) is 0 Å². The van der Waals surface area contributed by atoms with Crippen molar-refractivity contribution in [3.63, 3.8) is 0 Å². The molecule has 3 aromatic rings. The Labute approximate surface area is 117 Å². The quantitative estimate of drug-likeness (QED) is 0.740. The lowest BCUT2D eigenvalue weighted by Gasteiger charge is -2.09. The summed E-state index contributed by atoms with van der Waals surface area (Å²) >= 11 is 0. The van der Waals surface area contributed by atoms with Gasteiger partial charge in [0.15, 0.2) is 5.82 Å². The number of hydrogen-bond acceptors (Lipinski definition) is 4. The lowest BCUT2D eigenvalue weighted by molar-refractivity contribution is 0.794. The maximum absolute atomic E-state index is 6.02. The van der Waals surface area contributed by atoms with Crippen LogP contribution in [0.4, 0.5) is 5.69 Å². The molecule has 0 bridgehead atoms. The Morgan fingerprint density at radius 1 is 1.15 bits per heavy atom. The zero-order chi connectivity index (χ0) is 14.1. The number of aryl methyl sites for hydroxylation is 2. The Hall–Kier alpha value is -2.43. The van der Waals surface area contributed by atoms with Crippen LogP contribution in [0.1, 0.15) is 25.5 Å². The molecule has 0 amide bonds. The first kappa shape index (κ1) is 12.6. The normalized spacial score (nSPS) is 11.1. The summed E-state index contributed by atoms with van der Waals surface area (Å²) < 4.78 is 1.88. The third-order valence-corrected chi connectivity index (χ3v) is 3.36. The van der Waals surface area contributed by atoms with E-state index in [0.717, 1.165) is 46.8 Å². The predicted molar refractivity (Wildman–Crippen MR) is 79.8 cm³/mol. The van der Waals surface area contributed by atoms with Crippen molar-refractivity contribution in [2.45, 2.75) is 26.7 Å². The van der Waals surface area contributed by atoms with Crippen LogP contribution in [-0.4, -0.2) is 19.7 Å². The fourth-order valence-electron chi connectivity index (χ4n) is 2.31. The zero-order valence-electron chi connectivity index (χ0n) is 11.7. The number of hydrogen-bond donors (Lipinski definition) is 1. The Bertz CT molecular complexity index is 760. The number of aromatic nitrogens is 4. The van der Waals surface area contributed by atoms with Crippen LogP contribution < -0.4 is 5.73 Å². The molecule has 0 saturated heterocycles. The lowest BCUT2D eigenvalue weighted by Crippen LogP contribution is -2.04. The largest absolute Gasteiger partial charge is 0.398 e. The molecule has 0 radical (unpaired) electrons. The molecule has 0 aliphatic carbocycles. The van der Waals surface area contributed by atoms with Crippen LogP contribution in [0.3, 0.4) is 0 Å². The Morgan fingerprint density at radius 3 is 2.75 bits per heavy atom. The lowest BCUT2D eigenvalue weighted by atomic mass is 10.1. The van der Waals surface area contributed by atoms with Gasteiger partial charge >= 0.3 is 0 Å². The second-order valence-electron chi connectivity index (χ2n) is 4.64. The van der Waals surface area contributed by atoms with Gasteiger partial charge in [-0.15, -0.1) is 0 Å². The van der Waals surface area contributed by atoms with E-state index in [9.17, 15) is 0 Å². The fourth-order valence-corrected chi connectivity index (χ4v) is 2.31. The summed E-state index contributed by atoms with van der Waals surface area (Å²) in [5.74, 6) is 1.79. The van der Waals surface area contributed by atoms with Gasteiger partial charge in [-0.3, -0.25) is 4.98 Å². The SMILES string of the molecule is CCc1nc(CC)n(-c2ccc(N)c3cccnc23)n1. The van der Waals surface area contributed by atoms with E-state index in [-0.39, 0.29) is 0 Å². The maximum Gasteiger partial charge on any atom is 0.151 e. The first-order valence-electron chi connectivity index (χ1n) is 6.83. The summed E-state index contributed by atoms with van der Waals surface area (Å²) in [4.78, 5) is 9.01. The summed E-state index contributed by atoms with van der Waals surface area (Å²) in [6.07, 6.45) is 3.42. The van der Waals surface area contributed by atoms with E-state index >= 15 is 0 Å². The highest BCUT2D eigenvalue weighted by molar-refractivity contribution is 5.95. The maximum atomic E-state index is 6.02. The summed E-state index contributed by atoms with van der Waals surface area (Å²) in [7, 11) is 0. The Kier molecular flexibility index (Phi) is 3.10. The van der Waals surface area contributed by atoms with Crippen molar-refractivity contribution >= 4 is 16.6 Å². The van der Waals surface area contributed by atoms with Gasteiger partial charge in [0.1, 0.15) is 5.82 Å². The van der Waals surface area contributed by atoms with Crippen molar-refractivity contribution < 1.29 is 0 Å². The topological polar surface area (TPSA) is 69.6 Å². The average Bonchev–Trinajstić information content (AvgIpc) is 2.91. The highest BCUT2D eigenvalue weighted by Gasteiger charge is 2.13. The minimum absolute atomic E-state index is 0.728. The van der Waals surface area contributed by atoms with E-state index in [0.29, 0.717) is 0 Å². The standard InChI is InChI=1S/C15H17N5/c1-3-13-18-14(4-2)20(19-13)12-8-7-11(16)10-6-5-9-17-15(10)12/h5-9H,3-4,16H2,1-2H3. The smallest absolute Gasteiger partial charge is 0.151 e. The predicted octanol–water partition coefficient (Wildman–Crippen LogP) is 2.52. The van der Waals surface area contributed by atoms with Crippen LogP contribution in [0.2, 0.25) is 0 Å². The molecule has 2 aromatic heterocycles. The van der Waals surface area contributed by atoms with Crippen LogP contribution >= 0.6 is 0 Å². The van der Waals surface area contributed by atoms with Crippen molar-refractivity contribution in [3.8, 4) is 5.69 Å².